The molecule has 0 aromatic heterocycles. The molecule has 0 unspecified atom stereocenters. The van der Waals surface area contributed by atoms with E-state index in [-0.39, 0.29) is 11.5 Å². The highest BCUT2D eigenvalue weighted by Crippen LogP contribution is 2.60. The SMILES string of the molecule is CC[C@H]1[C@@H](c2ccc(O)cc2)CC[C@@]2(CC)[C@H](O)CC[C@H]12. The minimum Gasteiger partial charge on any atom is -0.508 e. The summed E-state index contributed by atoms with van der Waals surface area (Å²) < 4.78 is 0. The number of benzene rings is 1. The number of aliphatic hydroxyl groups is 1. The minimum absolute atomic E-state index is 0.0951. The second-order valence-electron chi connectivity index (χ2n) is 7.10. The molecule has 5 atom stereocenters. The summed E-state index contributed by atoms with van der Waals surface area (Å²) in [5.41, 5.74) is 1.54. The van der Waals surface area contributed by atoms with Gasteiger partial charge in [-0.15, -0.1) is 0 Å². The number of phenols is 1. The van der Waals surface area contributed by atoms with Crippen molar-refractivity contribution >= 4 is 0 Å². The molecule has 116 valence electrons. The third-order valence-corrected chi connectivity index (χ3v) is 6.56. The lowest BCUT2D eigenvalue weighted by Gasteiger charge is -2.49. The highest BCUT2D eigenvalue weighted by molar-refractivity contribution is 5.30. The van der Waals surface area contributed by atoms with Crippen LogP contribution in [0.25, 0.3) is 0 Å². The zero-order chi connectivity index (χ0) is 15.0. The normalized spacial score (nSPS) is 39.2. The average Bonchev–Trinajstić information content (AvgIpc) is 2.85. The summed E-state index contributed by atoms with van der Waals surface area (Å²) in [6.45, 7) is 4.56. The summed E-state index contributed by atoms with van der Waals surface area (Å²) in [5.74, 6) is 2.27. The number of hydrogen-bond donors (Lipinski definition) is 2. The molecular weight excluding hydrogens is 260 g/mol. The summed E-state index contributed by atoms with van der Waals surface area (Å²) in [6.07, 6.45) is 6.69. The van der Waals surface area contributed by atoms with Crippen LogP contribution >= 0.6 is 0 Å². The largest absolute Gasteiger partial charge is 0.508 e. The van der Waals surface area contributed by atoms with Gasteiger partial charge in [0.25, 0.3) is 0 Å². The molecule has 2 heteroatoms. The molecule has 0 radical (unpaired) electrons. The van der Waals surface area contributed by atoms with Gasteiger partial charge in [-0.05, 0) is 73.0 Å². The number of hydrogen-bond acceptors (Lipinski definition) is 2. The fraction of sp³-hybridized carbons (Fsp3) is 0.684. The molecule has 2 fully saturated rings. The Balaban J connectivity index is 1.91. The van der Waals surface area contributed by atoms with Crippen LogP contribution in [0.4, 0.5) is 0 Å². The number of aliphatic hydroxyl groups excluding tert-OH is 1. The Labute approximate surface area is 128 Å². The van der Waals surface area contributed by atoms with Crippen LogP contribution in [0.2, 0.25) is 0 Å². The number of fused-ring (bicyclic) bond motifs is 1. The van der Waals surface area contributed by atoms with Crippen molar-refractivity contribution in [2.24, 2.45) is 17.3 Å². The first-order valence-electron chi connectivity index (χ1n) is 8.59. The van der Waals surface area contributed by atoms with Crippen molar-refractivity contribution in [3.05, 3.63) is 29.8 Å². The predicted molar refractivity (Wildman–Crippen MR) is 85.3 cm³/mol. The van der Waals surface area contributed by atoms with E-state index in [2.05, 4.69) is 26.0 Å². The highest BCUT2D eigenvalue weighted by atomic mass is 16.3. The summed E-state index contributed by atoms with van der Waals surface area (Å²) in [6, 6.07) is 7.81. The lowest BCUT2D eigenvalue weighted by atomic mass is 9.56. The molecule has 21 heavy (non-hydrogen) atoms. The first-order valence-corrected chi connectivity index (χ1v) is 8.59. The lowest BCUT2D eigenvalue weighted by molar-refractivity contribution is -0.0365. The van der Waals surface area contributed by atoms with E-state index in [0.29, 0.717) is 23.5 Å². The Bertz CT molecular complexity index is 481. The van der Waals surface area contributed by atoms with E-state index in [1.807, 2.05) is 12.1 Å². The smallest absolute Gasteiger partial charge is 0.115 e. The Morgan fingerprint density at radius 2 is 1.81 bits per heavy atom. The summed E-state index contributed by atoms with van der Waals surface area (Å²) >= 11 is 0. The van der Waals surface area contributed by atoms with Crippen LogP contribution in [-0.4, -0.2) is 16.3 Å². The third kappa shape index (κ3) is 2.28. The van der Waals surface area contributed by atoms with E-state index in [4.69, 9.17) is 0 Å². The molecule has 2 N–H and O–H groups in total. The molecule has 0 heterocycles. The van der Waals surface area contributed by atoms with Crippen LogP contribution in [0, 0.1) is 17.3 Å². The Morgan fingerprint density at radius 3 is 2.43 bits per heavy atom. The average molecular weight is 288 g/mol. The molecular formula is C19H28O2. The fourth-order valence-electron chi connectivity index (χ4n) is 5.45. The van der Waals surface area contributed by atoms with E-state index in [1.54, 1.807) is 0 Å². The first-order chi connectivity index (χ1) is 10.1. The van der Waals surface area contributed by atoms with E-state index < -0.39 is 0 Å². The monoisotopic (exact) mass is 288 g/mol. The van der Waals surface area contributed by atoms with Gasteiger partial charge in [-0.3, -0.25) is 0 Å². The van der Waals surface area contributed by atoms with E-state index in [0.717, 1.165) is 19.3 Å². The van der Waals surface area contributed by atoms with Gasteiger partial charge in [0.1, 0.15) is 5.75 Å². The van der Waals surface area contributed by atoms with Crippen LogP contribution in [-0.2, 0) is 0 Å². The number of aromatic hydroxyl groups is 1. The van der Waals surface area contributed by atoms with Crippen molar-refractivity contribution in [2.75, 3.05) is 0 Å². The minimum atomic E-state index is -0.0951. The van der Waals surface area contributed by atoms with Crippen LogP contribution in [0.15, 0.2) is 24.3 Å². The van der Waals surface area contributed by atoms with Gasteiger partial charge in [0.2, 0.25) is 0 Å². The molecule has 0 bridgehead atoms. The van der Waals surface area contributed by atoms with Crippen molar-refractivity contribution in [2.45, 2.75) is 64.4 Å². The van der Waals surface area contributed by atoms with E-state index in [9.17, 15) is 10.2 Å². The Hall–Kier alpha value is -1.02. The lowest BCUT2D eigenvalue weighted by Crippen LogP contribution is -2.44. The fourth-order valence-corrected chi connectivity index (χ4v) is 5.45. The van der Waals surface area contributed by atoms with Crippen LogP contribution in [0.1, 0.15) is 63.9 Å². The summed E-state index contributed by atoms with van der Waals surface area (Å²) in [7, 11) is 0. The molecule has 2 aliphatic rings. The molecule has 1 aromatic rings. The van der Waals surface area contributed by atoms with Crippen LogP contribution in [0.3, 0.4) is 0 Å². The van der Waals surface area contributed by atoms with Crippen molar-refractivity contribution in [1.29, 1.82) is 0 Å². The van der Waals surface area contributed by atoms with Gasteiger partial charge < -0.3 is 10.2 Å². The van der Waals surface area contributed by atoms with E-state index >= 15 is 0 Å². The van der Waals surface area contributed by atoms with Crippen molar-refractivity contribution in [1.82, 2.24) is 0 Å². The molecule has 0 spiro atoms. The van der Waals surface area contributed by atoms with Gasteiger partial charge in [0.15, 0.2) is 0 Å². The topological polar surface area (TPSA) is 40.5 Å². The molecule has 1 aromatic carbocycles. The van der Waals surface area contributed by atoms with Gasteiger partial charge in [0, 0.05) is 0 Å². The van der Waals surface area contributed by atoms with Gasteiger partial charge >= 0.3 is 0 Å². The molecule has 2 aliphatic carbocycles. The van der Waals surface area contributed by atoms with Gasteiger partial charge in [-0.25, -0.2) is 0 Å². The molecule has 2 nitrogen and oxygen atoms in total. The van der Waals surface area contributed by atoms with Crippen molar-refractivity contribution in [3.63, 3.8) is 0 Å². The summed E-state index contributed by atoms with van der Waals surface area (Å²) in [5, 5.41) is 20.1. The highest BCUT2D eigenvalue weighted by Gasteiger charge is 2.54. The molecule has 2 saturated carbocycles. The summed E-state index contributed by atoms with van der Waals surface area (Å²) in [4.78, 5) is 0. The molecule has 3 rings (SSSR count). The van der Waals surface area contributed by atoms with Crippen LogP contribution in [0.5, 0.6) is 5.75 Å². The first kappa shape index (κ1) is 14.9. The zero-order valence-corrected chi connectivity index (χ0v) is 13.3. The Morgan fingerprint density at radius 1 is 1.10 bits per heavy atom. The second kappa shape index (κ2) is 5.64. The quantitative estimate of drug-likeness (QED) is 0.862. The molecule has 0 saturated heterocycles. The van der Waals surface area contributed by atoms with Crippen molar-refractivity contribution in [3.8, 4) is 5.75 Å². The van der Waals surface area contributed by atoms with Crippen molar-refractivity contribution < 1.29 is 10.2 Å². The Kier molecular flexibility index (Phi) is 4.00. The molecule has 0 amide bonds. The predicted octanol–water partition coefficient (Wildman–Crippen LogP) is 4.46. The second-order valence-corrected chi connectivity index (χ2v) is 7.10. The molecule has 0 aliphatic heterocycles. The third-order valence-electron chi connectivity index (χ3n) is 6.56. The standard InChI is InChI=1S/C19H28O2/c1-3-15-16(13-5-7-14(20)8-6-13)11-12-19(4-2)17(15)9-10-18(19)21/h5-8,15-18,20-21H,3-4,9-12H2,1-2H3/t15-,16+,17+,18+,19+/m0/s1. The maximum Gasteiger partial charge on any atom is 0.115 e. The maximum absolute atomic E-state index is 10.5. The zero-order valence-electron chi connectivity index (χ0n) is 13.3. The van der Waals surface area contributed by atoms with E-state index in [1.165, 1.54) is 24.8 Å². The maximum atomic E-state index is 10.5. The van der Waals surface area contributed by atoms with Gasteiger partial charge in [-0.2, -0.15) is 0 Å². The number of phenolic OH excluding ortho intramolecular Hbond substituents is 1. The van der Waals surface area contributed by atoms with Crippen LogP contribution < -0.4 is 0 Å². The number of rotatable bonds is 3. The van der Waals surface area contributed by atoms with Gasteiger partial charge in [0.05, 0.1) is 6.10 Å². The van der Waals surface area contributed by atoms with Gasteiger partial charge in [-0.1, -0.05) is 32.4 Å².